The second-order valence-corrected chi connectivity index (χ2v) is 6.35. The van der Waals surface area contributed by atoms with E-state index in [1.807, 2.05) is 38.1 Å². The maximum absolute atomic E-state index is 12.7. The van der Waals surface area contributed by atoms with Gasteiger partial charge in [0.25, 0.3) is 5.91 Å². The van der Waals surface area contributed by atoms with Crippen LogP contribution in [0.1, 0.15) is 51.9 Å². The van der Waals surface area contributed by atoms with Crippen LogP contribution in [0.3, 0.4) is 0 Å². The molecule has 1 saturated heterocycles. The van der Waals surface area contributed by atoms with E-state index in [0.29, 0.717) is 16.8 Å². The molecule has 2 N–H and O–H groups in total. The molecule has 3 rings (SSSR count). The zero-order valence-corrected chi connectivity index (χ0v) is 14.4. The molecule has 1 aliphatic rings. The molecule has 1 amide bonds. The van der Waals surface area contributed by atoms with E-state index in [4.69, 9.17) is 0 Å². The molecule has 0 radical (unpaired) electrons. The molecule has 2 heterocycles. The second-order valence-electron chi connectivity index (χ2n) is 6.35. The number of carbonyl (C=O) groups excluding carboxylic acids is 2. The highest BCUT2D eigenvalue weighted by Gasteiger charge is 2.21. The lowest BCUT2D eigenvalue weighted by atomic mass is 10.1. The minimum Gasteiger partial charge on any atom is -0.370 e. The Morgan fingerprint density at radius 3 is 2.42 bits per heavy atom. The maximum Gasteiger partial charge on any atom is 0.272 e. The average Bonchev–Trinajstić information content (AvgIpc) is 3.16. The lowest BCUT2D eigenvalue weighted by Crippen LogP contribution is -2.21. The number of benzene rings is 1. The first kappa shape index (κ1) is 16.3. The van der Waals surface area contributed by atoms with Crippen molar-refractivity contribution in [2.75, 3.05) is 23.3 Å². The number of ketones is 1. The van der Waals surface area contributed by atoms with Gasteiger partial charge in [0.2, 0.25) is 0 Å². The van der Waals surface area contributed by atoms with E-state index in [0.717, 1.165) is 30.2 Å². The zero-order valence-electron chi connectivity index (χ0n) is 14.4. The summed E-state index contributed by atoms with van der Waals surface area (Å²) in [5, 5.41) is 3.00. The number of amides is 1. The van der Waals surface area contributed by atoms with Crippen LogP contribution in [0, 0.1) is 13.8 Å². The molecule has 0 bridgehead atoms. The van der Waals surface area contributed by atoms with Gasteiger partial charge in [-0.05, 0) is 51.3 Å². The summed E-state index contributed by atoms with van der Waals surface area (Å²) < 4.78 is 0. The van der Waals surface area contributed by atoms with Gasteiger partial charge in [-0.3, -0.25) is 9.59 Å². The Balaban J connectivity index is 1.89. The van der Waals surface area contributed by atoms with E-state index >= 15 is 0 Å². The van der Waals surface area contributed by atoms with E-state index in [1.165, 1.54) is 19.8 Å². The van der Waals surface area contributed by atoms with Crippen LogP contribution in [-0.2, 0) is 0 Å². The number of aromatic amines is 1. The molecule has 126 valence electrons. The van der Waals surface area contributed by atoms with Crippen molar-refractivity contribution in [1.82, 2.24) is 4.98 Å². The van der Waals surface area contributed by atoms with Crippen molar-refractivity contribution in [3.63, 3.8) is 0 Å². The van der Waals surface area contributed by atoms with Crippen LogP contribution in [0.25, 0.3) is 0 Å². The van der Waals surface area contributed by atoms with Crippen molar-refractivity contribution < 1.29 is 9.59 Å². The van der Waals surface area contributed by atoms with Crippen LogP contribution in [0.15, 0.2) is 24.3 Å². The maximum atomic E-state index is 12.7. The van der Waals surface area contributed by atoms with Gasteiger partial charge in [0, 0.05) is 24.3 Å². The number of aryl methyl sites for hydroxylation is 1. The fraction of sp³-hybridized carbons (Fsp3) is 0.368. The Morgan fingerprint density at radius 1 is 1.12 bits per heavy atom. The monoisotopic (exact) mass is 325 g/mol. The quantitative estimate of drug-likeness (QED) is 0.843. The van der Waals surface area contributed by atoms with E-state index in [1.54, 1.807) is 0 Å². The predicted molar refractivity (Wildman–Crippen MR) is 96.1 cm³/mol. The number of nitrogens with one attached hydrogen (secondary N) is 2. The van der Waals surface area contributed by atoms with Crippen LogP contribution in [0.4, 0.5) is 11.4 Å². The lowest BCUT2D eigenvalue weighted by molar-refractivity contribution is 0.101. The largest absolute Gasteiger partial charge is 0.370 e. The molecule has 0 aliphatic carbocycles. The van der Waals surface area contributed by atoms with Crippen molar-refractivity contribution in [1.29, 1.82) is 0 Å². The van der Waals surface area contributed by atoms with Gasteiger partial charge in [0.05, 0.1) is 11.4 Å². The van der Waals surface area contributed by atoms with Gasteiger partial charge in [0.15, 0.2) is 5.78 Å². The Hall–Kier alpha value is -2.56. The number of hydrogen-bond donors (Lipinski definition) is 2. The fourth-order valence-corrected chi connectivity index (χ4v) is 3.50. The first-order chi connectivity index (χ1) is 11.5. The summed E-state index contributed by atoms with van der Waals surface area (Å²) in [6, 6.07) is 7.86. The molecule has 24 heavy (non-hydrogen) atoms. The summed E-state index contributed by atoms with van der Waals surface area (Å²) in [6.45, 7) is 7.18. The summed E-state index contributed by atoms with van der Waals surface area (Å²) in [7, 11) is 0. The third kappa shape index (κ3) is 2.94. The van der Waals surface area contributed by atoms with Crippen molar-refractivity contribution in [3.8, 4) is 0 Å². The van der Waals surface area contributed by atoms with Crippen LogP contribution in [-0.4, -0.2) is 29.8 Å². The molecule has 0 atom stereocenters. The molecule has 2 aromatic rings. The Bertz CT molecular complexity index is 786. The summed E-state index contributed by atoms with van der Waals surface area (Å²) in [4.78, 5) is 29.8. The van der Waals surface area contributed by atoms with Crippen LogP contribution in [0.2, 0.25) is 0 Å². The summed E-state index contributed by atoms with van der Waals surface area (Å²) in [5.41, 5.74) is 4.35. The summed E-state index contributed by atoms with van der Waals surface area (Å²) >= 11 is 0. The molecule has 1 aliphatic heterocycles. The molecule has 1 aromatic heterocycles. The molecule has 0 saturated carbocycles. The van der Waals surface area contributed by atoms with E-state index in [9.17, 15) is 9.59 Å². The SMILES string of the molecule is CC(=O)c1c(C)[nH]c(C(=O)Nc2ccccc2N2CCCC2)c1C. The molecule has 5 heteroatoms. The molecule has 0 unspecified atom stereocenters. The minimum atomic E-state index is -0.213. The number of H-pyrrole nitrogens is 1. The van der Waals surface area contributed by atoms with Gasteiger partial charge in [0.1, 0.15) is 5.69 Å². The zero-order chi connectivity index (χ0) is 17.3. The highest BCUT2D eigenvalue weighted by Crippen LogP contribution is 2.29. The summed E-state index contributed by atoms with van der Waals surface area (Å²) in [6.07, 6.45) is 2.36. The topological polar surface area (TPSA) is 65.2 Å². The number of anilines is 2. The second kappa shape index (κ2) is 6.51. The standard InChI is InChI=1S/C19H23N3O2/c1-12-17(14(3)23)13(2)20-18(12)19(24)21-15-8-4-5-9-16(15)22-10-6-7-11-22/h4-5,8-9,20H,6-7,10-11H2,1-3H3,(H,21,24). The average molecular weight is 325 g/mol. The molecule has 5 nitrogen and oxygen atoms in total. The first-order valence-corrected chi connectivity index (χ1v) is 8.34. The van der Waals surface area contributed by atoms with Crippen molar-refractivity contribution in [3.05, 3.63) is 46.8 Å². The molecule has 0 spiro atoms. The number of hydrogen-bond acceptors (Lipinski definition) is 3. The van der Waals surface area contributed by atoms with Gasteiger partial charge >= 0.3 is 0 Å². The normalized spacial score (nSPS) is 14.0. The van der Waals surface area contributed by atoms with E-state index < -0.39 is 0 Å². The Kier molecular flexibility index (Phi) is 4.42. The Labute approximate surface area is 142 Å². The minimum absolute atomic E-state index is 0.0298. The molecule has 1 fully saturated rings. The number of Topliss-reactive ketones (excluding diaryl/α,β-unsaturated/α-hetero) is 1. The van der Waals surface area contributed by atoms with E-state index in [-0.39, 0.29) is 11.7 Å². The van der Waals surface area contributed by atoms with Crippen LogP contribution in [0.5, 0.6) is 0 Å². The number of para-hydroxylation sites is 2. The van der Waals surface area contributed by atoms with Gasteiger partial charge < -0.3 is 15.2 Å². The predicted octanol–water partition coefficient (Wildman–Crippen LogP) is 3.69. The highest BCUT2D eigenvalue weighted by molar-refractivity contribution is 6.08. The van der Waals surface area contributed by atoms with Gasteiger partial charge in [-0.1, -0.05) is 12.1 Å². The first-order valence-electron chi connectivity index (χ1n) is 8.34. The van der Waals surface area contributed by atoms with Gasteiger partial charge in [-0.2, -0.15) is 0 Å². The lowest BCUT2D eigenvalue weighted by Gasteiger charge is -2.21. The fourth-order valence-electron chi connectivity index (χ4n) is 3.50. The molecule has 1 aromatic carbocycles. The van der Waals surface area contributed by atoms with Crippen LogP contribution < -0.4 is 10.2 Å². The van der Waals surface area contributed by atoms with E-state index in [2.05, 4.69) is 15.2 Å². The van der Waals surface area contributed by atoms with Crippen molar-refractivity contribution >= 4 is 23.1 Å². The third-order valence-electron chi connectivity index (χ3n) is 4.62. The van der Waals surface area contributed by atoms with Crippen molar-refractivity contribution in [2.45, 2.75) is 33.6 Å². The Morgan fingerprint density at radius 2 is 1.79 bits per heavy atom. The third-order valence-corrected chi connectivity index (χ3v) is 4.62. The summed E-state index contributed by atoms with van der Waals surface area (Å²) in [5.74, 6) is -0.243. The number of rotatable bonds is 4. The number of carbonyl (C=O) groups is 2. The van der Waals surface area contributed by atoms with Crippen molar-refractivity contribution in [2.24, 2.45) is 0 Å². The number of aromatic nitrogens is 1. The van der Waals surface area contributed by atoms with Crippen LogP contribution >= 0.6 is 0 Å². The smallest absolute Gasteiger partial charge is 0.272 e. The van der Waals surface area contributed by atoms with Gasteiger partial charge in [-0.15, -0.1) is 0 Å². The highest BCUT2D eigenvalue weighted by atomic mass is 16.2. The molecular weight excluding hydrogens is 302 g/mol. The van der Waals surface area contributed by atoms with Gasteiger partial charge in [-0.25, -0.2) is 0 Å². The molecular formula is C19H23N3O2. The number of nitrogens with zero attached hydrogens (tertiary/aromatic N) is 1.